The van der Waals surface area contributed by atoms with Crippen molar-refractivity contribution in [2.45, 2.75) is 11.4 Å². The molecule has 7 nitrogen and oxygen atoms in total. The number of ether oxygens (including phenoxy) is 2. The van der Waals surface area contributed by atoms with Crippen LogP contribution in [0, 0.1) is 0 Å². The number of methoxy groups -OCH3 is 2. The van der Waals surface area contributed by atoms with Crippen molar-refractivity contribution in [3.8, 4) is 11.6 Å². The molecule has 2 aromatic carbocycles. The zero-order valence-electron chi connectivity index (χ0n) is 14.4. The molecule has 3 aromatic rings. The number of aromatic nitrogens is 1. The molecule has 0 atom stereocenters. The molecule has 136 valence electrons. The topological polar surface area (TPSA) is 104 Å². The molecule has 3 N–H and O–H groups in total. The minimum Gasteiger partial charge on any atom is -0.497 e. The number of benzene rings is 2. The highest BCUT2D eigenvalue weighted by Gasteiger charge is 2.20. The molecule has 1 aromatic heterocycles. The van der Waals surface area contributed by atoms with Crippen LogP contribution in [0.15, 0.2) is 53.6 Å². The van der Waals surface area contributed by atoms with E-state index >= 15 is 0 Å². The monoisotopic (exact) mass is 373 g/mol. The molecular weight excluding hydrogens is 354 g/mol. The van der Waals surface area contributed by atoms with Gasteiger partial charge in [0.2, 0.25) is 15.9 Å². The SMILES string of the molecule is COc1ccc(CNS(=O)(=O)c2cc(N)cc3c(OC)nccc23)cc1. The lowest BCUT2D eigenvalue weighted by molar-refractivity contribution is 0.403. The van der Waals surface area contributed by atoms with Crippen LogP contribution in [0.1, 0.15) is 5.56 Å². The summed E-state index contributed by atoms with van der Waals surface area (Å²) in [6.45, 7) is 0.144. The van der Waals surface area contributed by atoms with Crippen LogP contribution in [0.3, 0.4) is 0 Å². The molecule has 1 heterocycles. The third-order valence-corrected chi connectivity index (χ3v) is 5.38. The zero-order valence-corrected chi connectivity index (χ0v) is 15.2. The summed E-state index contributed by atoms with van der Waals surface area (Å²) in [5.41, 5.74) is 7.02. The highest BCUT2D eigenvalue weighted by molar-refractivity contribution is 7.89. The summed E-state index contributed by atoms with van der Waals surface area (Å²) in [6.07, 6.45) is 1.50. The number of fused-ring (bicyclic) bond motifs is 1. The van der Waals surface area contributed by atoms with Gasteiger partial charge < -0.3 is 15.2 Å². The fourth-order valence-corrected chi connectivity index (χ4v) is 3.90. The average molecular weight is 373 g/mol. The number of hydrogen-bond acceptors (Lipinski definition) is 6. The van der Waals surface area contributed by atoms with Gasteiger partial charge in [0.1, 0.15) is 5.75 Å². The summed E-state index contributed by atoms with van der Waals surface area (Å²) in [5.74, 6) is 1.03. The molecule has 0 saturated carbocycles. The standard InChI is InChI=1S/C18H19N3O4S/c1-24-14-5-3-12(4-6-14)11-21-26(22,23)17-10-13(19)9-16-15(17)7-8-20-18(16)25-2/h3-10,21H,11,19H2,1-2H3. The Morgan fingerprint density at radius 3 is 2.42 bits per heavy atom. The number of anilines is 1. The lowest BCUT2D eigenvalue weighted by Gasteiger charge is -2.12. The first kappa shape index (κ1) is 18.0. The van der Waals surface area contributed by atoms with Crippen LogP contribution >= 0.6 is 0 Å². The predicted octanol–water partition coefficient (Wildman–Crippen LogP) is 2.31. The van der Waals surface area contributed by atoms with Gasteiger partial charge in [0.05, 0.1) is 19.1 Å². The van der Waals surface area contributed by atoms with Gasteiger partial charge in [-0.05, 0) is 35.9 Å². The quantitative estimate of drug-likeness (QED) is 0.643. The van der Waals surface area contributed by atoms with Crippen molar-refractivity contribution < 1.29 is 17.9 Å². The number of pyridine rings is 1. The maximum atomic E-state index is 12.8. The van der Waals surface area contributed by atoms with Crippen LogP contribution in [-0.4, -0.2) is 27.6 Å². The molecule has 0 saturated heterocycles. The average Bonchev–Trinajstić information content (AvgIpc) is 2.65. The van der Waals surface area contributed by atoms with Crippen molar-refractivity contribution in [3.05, 3.63) is 54.2 Å². The summed E-state index contributed by atoms with van der Waals surface area (Å²) >= 11 is 0. The van der Waals surface area contributed by atoms with Gasteiger partial charge in [-0.15, -0.1) is 0 Å². The van der Waals surface area contributed by atoms with E-state index < -0.39 is 10.0 Å². The third-order valence-electron chi connectivity index (χ3n) is 3.94. The highest BCUT2D eigenvalue weighted by atomic mass is 32.2. The number of nitrogens with one attached hydrogen (secondary N) is 1. The summed E-state index contributed by atoms with van der Waals surface area (Å²) in [5, 5.41) is 1.04. The van der Waals surface area contributed by atoms with Crippen molar-refractivity contribution in [2.24, 2.45) is 0 Å². The molecule has 0 spiro atoms. The van der Waals surface area contributed by atoms with E-state index in [1.54, 1.807) is 43.5 Å². The summed E-state index contributed by atoms with van der Waals surface area (Å²) in [6, 6.07) is 11.8. The molecule has 0 aliphatic heterocycles. The largest absolute Gasteiger partial charge is 0.497 e. The van der Waals surface area contributed by atoms with Gasteiger partial charge >= 0.3 is 0 Å². The first-order chi connectivity index (χ1) is 12.4. The van der Waals surface area contributed by atoms with Gasteiger partial charge in [-0.1, -0.05) is 12.1 Å². The van der Waals surface area contributed by atoms with E-state index in [1.807, 2.05) is 0 Å². The Morgan fingerprint density at radius 2 is 1.77 bits per heavy atom. The molecular formula is C18H19N3O4S. The predicted molar refractivity (Wildman–Crippen MR) is 99.7 cm³/mol. The smallest absolute Gasteiger partial charge is 0.241 e. The van der Waals surface area contributed by atoms with Crippen molar-refractivity contribution >= 4 is 26.5 Å². The summed E-state index contributed by atoms with van der Waals surface area (Å²) in [4.78, 5) is 4.18. The molecule has 0 aliphatic carbocycles. The first-order valence-corrected chi connectivity index (χ1v) is 9.28. The van der Waals surface area contributed by atoms with Gasteiger partial charge in [-0.3, -0.25) is 0 Å². The Balaban J connectivity index is 1.96. The fourth-order valence-electron chi connectivity index (χ4n) is 2.63. The maximum absolute atomic E-state index is 12.8. The van der Waals surface area contributed by atoms with E-state index in [4.69, 9.17) is 15.2 Å². The number of hydrogen-bond donors (Lipinski definition) is 2. The van der Waals surface area contributed by atoms with Crippen molar-refractivity contribution in [2.75, 3.05) is 20.0 Å². The summed E-state index contributed by atoms with van der Waals surface area (Å²) in [7, 11) is -0.744. The Hall–Kier alpha value is -2.84. The van der Waals surface area contributed by atoms with E-state index in [-0.39, 0.29) is 11.4 Å². The molecule has 0 unspecified atom stereocenters. The second kappa shape index (κ2) is 7.19. The Bertz CT molecular complexity index is 1030. The Labute approximate surface area is 151 Å². The van der Waals surface area contributed by atoms with Crippen LogP contribution in [-0.2, 0) is 16.6 Å². The maximum Gasteiger partial charge on any atom is 0.241 e. The lowest BCUT2D eigenvalue weighted by atomic mass is 10.1. The number of sulfonamides is 1. The van der Waals surface area contributed by atoms with E-state index in [2.05, 4.69) is 9.71 Å². The van der Waals surface area contributed by atoms with Gasteiger partial charge in [-0.2, -0.15) is 0 Å². The van der Waals surface area contributed by atoms with Crippen molar-refractivity contribution in [3.63, 3.8) is 0 Å². The minimum atomic E-state index is -3.79. The Morgan fingerprint density at radius 1 is 1.04 bits per heavy atom. The first-order valence-electron chi connectivity index (χ1n) is 7.79. The van der Waals surface area contributed by atoms with Gasteiger partial charge in [0.25, 0.3) is 0 Å². The molecule has 3 rings (SSSR count). The summed E-state index contributed by atoms with van der Waals surface area (Å²) < 4.78 is 38.6. The number of nitrogens with two attached hydrogens (primary N) is 1. The van der Waals surface area contributed by atoms with Crippen molar-refractivity contribution in [1.29, 1.82) is 0 Å². The third kappa shape index (κ3) is 3.56. The number of rotatable bonds is 6. The second-order valence-corrected chi connectivity index (χ2v) is 7.34. The van der Waals surface area contributed by atoms with Crippen LogP contribution < -0.4 is 19.9 Å². The molecule has 8 heteroatoms. The number of nitrogens with zero attached hydrogens (tertiary/aromatic N) is 1. The van der Waals surface area contributed by atoms with Crippen LogP contribution in [0.2, 0.25) is 0 Å². The van der Waals surface area contributed by atoms with Crippen LogP contribution in [0.4, 0.5) is 5.69 Å². The number of nitrogen functional groups attached to an aromatic ring is 1. The minimum absolute atomic E-state index is 0.0849. The molecule has 26 heavy (non-hydrogen) atoms. The molecule has 0 aliphatic rings. The van der Waals surface area contributed by atoms with E-state index in [1.165, 1.54) is 19.4 Å². The van der Waals surface area contributed by atoms with E-state index in [0.717, 1.165) is 5.56 Å². The molecule has 0 fully saturated rings. The second-order valence-electron chi connectivity index (χ2n) is 5.61. The van der Waals surface area contributed by atoms with Gasteiger partial charge in [0.15, 0.2) is 0 Å². The van der Waals surface area contributed by atoms with E-state index in [9.17, 15) is 8.42 Å². The molecule has 0 radical (unpaired) electrons. The van der Waals surface area contributed by atoms with Crippen LogP contribution in [0.5, 0.6) is 11.6 Å². The van der Waals surface area contributed by atoms with Gasteiger partial charge in [0, 0.05) is 29.2 Å². The molecule has 0 bridgehead atoms. The molecule has 0 amide bonds. The van der Waals surface area contributed by atoms with Gasteiger partial charge in [-0.25, -0.2) is 18.1 Å². The lowest BCUT2D eigenvalue weighted by Crippen LogP contribution is -2.23. The zero-order chi connectivity index (χ0) is 18.7. The van der Waals surface area contributed by atoms with Crippen molar-refractivity contribution in [1.82, 2.24) is 9.71 Å². The van der Waals surface area contributed by atoms with E-state index in [0.29, 0.717) is 28.1 Å². The normalized spacial score (nSPS) is 11.5. The van der Waals surface area contributed by atoms with Crippen LogP contribution in [0.25, 0.3) is 10.8 Å². The highest BCUT2D eigenvalue weighted by Crippen LogP contribution is 2.31. The fraction of sp³-hybridized carbons (Fsp3) is 0.167. The Kier molecular flexibility index (Phi) is 4.97.